The third-order valence-electron chi connectivity index (χ3n) is 5.64. The molecular weight excluding hydrogens is 422 g/mol. The first-order chi connectivity index (χ1) is 16.0. The van der Waals surface area contributed by atoms with Gasteiger partial charge < -0.3 is 24.6 Å². The van der Waals surface area contributed by atoms with E-state index in [0.29, 0.717) is 43.1 Å². The first kappa shape index (κ1) is 24.3. The molecule has 33 heavy (non-hydrogen) atoms. The second kappa shape index (κ2) is 11.5. The Morgan fingerprint density at radius 3 is 2.30 bits per heavy atom. The average Bonchev–Trinajstić information content (AvgIpc) is 3.07. The van der Waals surface area contributed by atoms with Gasteiger partial charge in [-0.05, 0) is 54.8 Å². The number of ether oxygens (including phenoxy) is 2. The topological polar surface area (TPSA) is 96.3 Å². The lowest BCUT2D eigenvalue weighted by molar-refractivity contribution is -0.140. The Hall–Kier alpha value is -3.32. The van der Waals surface area contributed by atoms with Gasteiger partial charge in [-0.3, -0.25) is 9.59 Å². The van der Waals surface area contributed by atoms with Crippen molar-refractivity contribution in [2.45, 2.75) is 38.6 Å². The summed E-state index contributed by atoms with van der Waals surface area (Å²) in [6.07, 6.45) is 3.72. The number of aliphatic hydroxyl groups is 1. The van der Waals surface area contributed by atoms with Gasteiger partial charge in [0.05, 0.1) is 18.2 Å². The summed E-state index contributed by atoms with van der Waals surface area (Å²) in [5, 5.41) is 20.8. The molecule has 7 nitrogen and oxygen atoms in total. The molecule has 0 saturated carbocycles. The Morgan fingerprint density at radius 1 is 0.970 bits per heavy atom. The minimum Gasteiger partial charge on any atom is -0.508 e. The van der Waals surface area contributed by atoms with Gasteiger partial charge in [0.2, 0.25) is 0 Å². The number of carbonyl (C=O) groups excluding carboxylic acids is 2. The molecule has 1 atom stereocenters. The van der Waals surface area contributed by atoms with E-state index in [1.807, 2.05) is 0 Å². The van der Waals surface area contributed by atoms with Crippen LogP contribution < -0.4 is 4.74 Å². The molecule has 0 aromatic heterocycles. The summed E-state index contributed by atoms with van der Waals surface area (Å²) in [5.74, 6) is -0.884. The zero-order valence-corrected chi connectivity index (χ0v) is 19.1. The molecule has 0 aliphatic carbocycles. The van der Waals surface area contributed by atoms with Crippen LogP contribution in [0.2, 0.25) is 0 Å². The predicted octanol–water partition coefficient (Wildman–Crippen LogP) is 4.42. The summed E-state index contributed by atoms with van der Waals surface area (Å²) in [6.45, 7) is 3.48. The number of rotatable bonds is 11. The minimum absolute atomic E-state index is 0.0275. The van der Waals surface area contributed by atoms with Crippen molar-refractivity contribution in [2.24, 2.45) is 0 Å². The van der Waals surface area contributed by atoms with E-state index >= 15 is 0 Å². The highest BCUT2D eigenvalue weighted by Crippen LogP contribution is 2.40. The van der Waals surface area contributed by atoms with Gasteiger partial charge in [0.25, 0.3) is 11.7 Å². The Morgan fingerprint density at radius 2 is 1.67 bits per heavy atom. The summed E-state index contributed by atoms with van der Waals surface area (Å²) in [7, 11) is 1.57. The van der Waals surface area contributed by atoms with Gasteiger partial charge >= 0.3 is 0 Å². The van der Waals surface area contributed by atoms with Crippen LogP contribution >= 0.6 is 0 Å². The van der Waals surface area contributed by atoms with Crippen molar-refractivity contribution in [3.63, 3.8) is 0 Å². The van der Waals surface area contributed by atoms with E-state index in [2.05, 4.69) is 6.92 Å². The number of carbonyl (C=O) groups is 2. The number of phenolic OH excluding ortho intramolecular Hbond substituents is 1. The Kier molecular flexibility index (Phi) is 8.49. The predicted molar refractivity (Wildman–Crippen MR) is 125 cm³/mol. The van der Waals surface area contributed by atoms with Crippen molar-refractivity contribution in [2.75, 3.05) is 26.9 Å². The monoisotopic (exact) mass is 453 g/mol. The minimum atomic E-state index is -0.757. The van der Waals surface area contributed by atoms with E-state index in [9.17, 15) is 19.8 Å². The first-order valence-corrected chi connectivity index (χ1v) is 11.3. The highest BCUT2D eigenvalue weighted by molar-refractivity contribution is 6.46. The fourth-order valence-electron chi connectivity index (χ4n) is 3.90. The number of benzene rings is 2. The van der Waals surface area contributed by atoms with E-state index in [4.69, 9.17) is 9.47 Å². The number of likely N-dealkylation sites (tertiary alicyclic amines) is 1. The van der Waals surface area contributed by atoms with E-state index < -0.39 is 17.7 Å². The van der Waals surface area contributed by atoms with Crippen LogP contribution in [0, 0.1) is 0 Å². The molecule has 2 aromatic rings. The van der Waals surface area contributed by atoms with Crippen molar-refractivity contribution in [3.8, 4) is 11.5 Å². The highest BCUT2D eigenvalue weighted by atomic mass is 16.5. The van der Waals surface area contributed by atoms with E-state index in [1.165, 1.54) is 17.0 Å². The van der Waals surface area contributed by atoms with Crippen molar-refractivity contribution >= 4 is 17.4 Å². The van der Waals surface area contributed by atoms with Crippen LogP contribution in [0.5, 0.6) is 11.5 Å². The van der Waals surface area contributed by atoms with E-state index in [0.717, 1.165) is 19.3 Å². The molecular formula is C26H31NO6. The maximum atomic E-state index is 13.0. The number of ketones is 1. The lowest BCUT2D eigenvalue weighted by Gasteiger charge is -2.25. The number of nitrogens with zero attached hydrogens (tertiary/aromatic N) is 1. The number of amides is 1. The fraction of sp³-hybridized carbons (Fsp3) is 0.385. The number of methoxy groups -OCH3 is 1. The molecule has 7 heteroatoms. The van der Waals surface area contributed by atoms with Crippen LogP contribution in [-0.4, -0.2) is 53.7 Å². The second-order valence-corrected chi connectivity index (χ2v) is 8.01. The maximum Gasteiger partial charge on any atom is 0.295 e. The summed E-state index contributed by atoms with van der Waals surface area (Å²) < 4.78 is 10.8. The van der Waals surface area contributed by atoms with Gasteiger partial charge in [0, 0.05) is 25.8 Å². The zero-order valence-electron chi connectivity index (χ0n) is 19.1. The zero-order chi connectivity index (χ0) is 23.8. The SMILES string of the molecule is CCCCCOc1ccc(/C(O)=C2/C(=O)C(=O)N(CCCOC)C2c2ccc(O)cc2)cc1. The molecule has 1 aliphatic rings. The third kappa shape index (κ3) is 5.73. The number of aromatic hydroxyl groups is 1. The number of aliphatic hydroxyl groups excluding tert-OH is 1. The molecule has 2 aromatic carbocycles. The quantitative estimate of drug-likeness (QED) is 0.226. The molecule has 176 valence electrons. The van der Waals surface area contributed by atoms with Crippen LogP contribution in [0.3, 0.4) is 0 Å². The molecule has 1 unspecified atom stereocenters. The number of hydrogen-bond donors (Lipinski definition) is 2. The number of hydrogen-bond acceptors (Lipinski definition) is 6. The van der Waals surface area contributed by atoms with Gasteiger partial charge in [-0.15, -0.1) is 0 Å². The van der Waals surface area contributed by atoms with Crippen molar-refractivity contribution in [3.05, 3.63) is 65.2 Å². The molecule has 1 amide bonds. The van der Waals surface area contributed by atoms with Crippen LogP contribution in [0.15, 0.2) is 54.1 Å². The van der Waals surface area contributed by atoms with Gasteiger partial charge in [0.15, 0.2) is 0 Å². The Balaban J connectivity index is 1.93. The van der Waals surface area contributed by atoms with Crippen LogP contribution in [0.25, 0.3) is 5.76 Å². The molecule has 3 rings (SSSR count). The maximum absolute atomic E-state index is 13.0. The smallest absolute Gasteiger partial charge is 0.295 e. The number of Topliss-reactive ketones (excluding diaryl/α,β-unsaturated/α-hetero) is 1. The highest BCUT2D eigenvalue weighted by Gasteiger charge is 2.45. The van der Waals surface area contributed by atoms with Gasteiger partial charge in [-0.2, -0.15) is 0 Å². The third-order valence-corrected chi connectivity index (χ3v) is 5.64. The molecule has 1 heterocycles. The molecule has 0 spiro atoms. The molecule has 2 N–H and O–H groups in total. The standard InChI is InChI=1S/C26H31NO6/c1-3-4-5-17-33-21-13-9-19(10-14-21)24(29)22-23(18-7-11-20(28)12-8-18)27(15-6-16-32-2)26(31)25(22)30/h7-14,23,28-29H,3-6,15-17H2,1-2H3/b24-22-. The van der Waals surface area contributed by atoms with E-state index in [-0.39, 0.29) is 17.1 Å². The van der Waals surface area contributed by atoms with Crippen molar-refractivity contribution in [1.29, 1.82) is 0 Å². The molecule has 1 aliphatic heterocycles. The number of unbranched alkanes of at least 4 members (excludes halogenated alkanes) is 2. The van der Waals surface area contributed by atoms with Gasteiger partial charge in [-0.1, -0.05) is 31.9 Å². The van der Waals surface area contributed by atoms with Crippen LogP contribution in [0.1, 0.15) is 49.8 Å². The lowest BCUT2D eigenvalue weighted by atomic mass is 9.95. The second-order valence-electron chi connectivity index (χ2n) is 8.01. The van der Waals surface area contributed by atoms with Crippen LogP contribution in [0.4, 0.5) is 0 Å². The Labute approximate surface area is 194 Å². The largest absolute Gasteiger partial charge is 0.508 e. The van der Waals surface area contributed by atoms with E-state index in [1.54, 1.807) is 43.5 Å². The summed E-state index contributed by atoms with van der Waals surface area (Å²) in [5.41, 5.74) is 1.08. The fourth-order valence-corrected chi connectivity index (χ4v) is 3.90. The van der Waals surface area contributed by atoms with Crippen molar-refractivity contribution < 1.29 is 29.3 Å². The molecule has 0 bridgehead atoms. The number of phenols is 1. The molecule has 1 fully saturated rings. The molecule has 0 radical (unpaired) electrons. The lowest BCUT2D eigenvalue weighted by Crippen LogP contribution is -2.31. The normalized spacial score (nSPS) is 17.5. The Bertz CT molecular complexity index is 981. The first-order valence-electron chi connectivity index (χ1n) is 11.3. The average molecular weight is 454 g/mol. The van der Waals surface area contributed by atoms with Crippen molar-refractivity contribution in [1.82, 2.24) is 4.90 Å². The van der Waals surface area contributed by atoms with Gasteiger partial charge in [0.1, 0.15) is 17.3 Å². The summed E-state index contributed by atoms with van der Waals surface area (Å²) in [6, 6.07) is 12.4. The van der Waals surface area contributed by atoms with Crippen LogP contribution in [-0.2, 0) is 14.3 Å². The van der Waals surface area contributed by atoms with Gasteiger partial charge in [-0.25, -0.2) is 0 Å². The summed E-state index contributed by atoms with van der Waals surface area (Å²) in [4.78, 5) is 27.3. The summed E-state index contributed by atoms with van der Waals surface area (Å²) >= 11 is 0. The molecule has 1 saturated heterocycles.